The number of aliphatic hydroxyl groups excluding tert-OH is 1. The molecule has 0 bridgehead atoms. The van der Waals surface area contributed by atoms with Gasteiger partial charge < -0.3 is 19.5 Å². The molecule has 0 aromatic heterocycles. The molecule has 2 fully saturated rings. The van der Waals surface area contributed by atoms with Gasteiger partial charge in [-0.05, 0) is 45.7 Å². The monoisotopic (exact) mass is 476 g/mol. The van der Waals surface area contributed by atoms with Crippen molar-refractivity contribution in [3.63, 3.8) is 0 Å². The number of aliphatic hydroxyl groups is 1. The number of thiocarbonyl (C=S) groups is 2. The van der Waals surface area contributed by atoms with E-state index in [0.717, 1.165) is 63.6 Å². The third kappa shape index (κ3) is 4.43. The Morgan fingerprint density at radius 3 is 2.52 bits per heavy atom. The van der Waals surface area contributed by atoms with Gasteiger partial charge in [0, 0.05) is 17.8 Å². The molecule has 2 atom stereocenters. The topological polar surface area (TPSA) is 79.3 Å². The maximum absolute atomic E-state index is 13.2. The number of thioether (sulfide) groups is 2. The van der Waals surface area contributed by atoms with E-state index >= 15 is 0 Å². The summed E-state index contributed by atoms with van der Waals surface area (Å²) in [7, 11) is 0. The van der Waals surface area contributed by atoms with E-state index in [-0.39, 0.29) is 11.5 Å². The average molecular weight is 477 g/mol. The van der Waals surface area contributed by atoms with Gasteiger partial charge in [0.1, 0.15) is 9.69 Å². The molecule has 3 rings (SSSR count). The van der Waals surface area contributed by atoms with Crippen LogP contribution in [0.2, 0.25) is 0 Å². The van der Waals surface area contributed by atoms with E-state index in [4.69, 9.17) is 33.9 Å². The number of likely N-dealkylation sites (tertiary alicyclic amines) is 2. The van der Waals surface area contributed by atoms with E-state index in [1.807, 2.05) is 4.90 Å². The van der Waals surface area contributed by atoms with E-state index < -0.39 is 28.7 Å². The number of esters is 2. The summed E-state index contributed by atoms with van der Waals surface area (Å²) in [6, 6.07) is 0. The number of ether oxygens (including phenoxy) is 2. The Labute approximate surface area is 189 Å². The zero-order valence-corrected chi connectivity index (χ0v) is 19.4. The minimum Gasteiger partial charge on any atom is -0.501 e. The number of rotatable bonds is 7. The number of hydrogen-bond acceptors (Lipinski definition) is 10. The van der Waals surface area contributed by atoms with Gasteiger partial charge in [0.15, 0.2) is 0 Å². The molecule has 0 aromatic carbocycles. The predicted molar refractivity (Wildman–Crippen MR) is 122 cm³/mol. The molecule has 1 N–H and O–H groups in total. The van der Waals surface area contributed by atoms with Crippen LogP contribution in [-0.4, -0.2) is 79.6 Å². The third-order valence-electron chi connectivity index (χ3n) is 5.14. The van der Waals surface area contributed by atoms with Gasteiger partial charge >= 0.3 is 11.9 Å². The van der Waals surface area contributed by atoms with Crippen molar-refractivity contribution in [3.8, 4) is 0 Å². The summed E-state index contributed by atoms with van der Waals surface area (Å²) in [6.07, 6.45) is 3.99. The molecule has 7 nitrogen and oxygen atoms in total. The Kier molecular flexibility index (Phi) is 7.82. The van der Waals surface area contributed by atoms with Crippen LogP contribution in [0, 0.1) is 0 Å². The molecular formula is C18H24N2O5S4. The smallest absolute Gasteiger partial charge is 0.376 e. The summed E-state index contributed by atoms with van der Waals surface area (Å²) in [5, 5.41) is 9.96. The van der Waals surface area contributed by atoms with Crippen LogP contribution in [0.5, 0.6) is 0 Å². The van der Waals surface area contributed by atoms with Gasteiger partial charge in [-0.1, -0.05) is 48.0 Å². The molecule has 3 heterocycles. The number of cyclic esters (lactones) is 1. The summed E-state index contributed by atoms with van der Waals surface area (Å²) < 4.78 is 12.9. The fourth-order valence-electron chi connectivity index (χ4n) is 3.79. The van der Waals surface area contributed by atoms with Gasteiger partial charge in [-0.2, -0.15) is 0 Å². The van der Waals surface area contributed by atoms with Gasteiger partial charge in [-0.25, -0.2) is 9.59 Å². The van der Waals surface area contributed by atoms with E-state index in [9.17, 15) is 14.7 Å². The lowest BCUT2D eigenvalue weighted by Crippen LogP contribution is -2.57. The second kappa shape index (κ2) is 9.95. The van der Waals surface area contributed by atoms with Gasteiger partial charge in [-0.15, -0.1) is 0 Å². The van der Waals surface area contributed by atoms with Crippen LogP contribution in [-0.2, 0) is 19.1 Å². The first-order chi connectivity index (χ1) is 14.0. The summed E-state index contributed by atoms with van der Waals surface area (Å²) in [6.45, 7) is 4.88. The maximum atomic E-state index is 13.2. The lowest BCUT2D eigenvalue weighted by atomic mass is 10.0. The molecule has 11 heteroatoms. The Hall–Kier alpha value is -0.880. The Balaban J connectivity index is 2.03. The van der Waals surface area contributed by atoms with E-state index in [1.54, 1.807) is 6.92 Å². The zero-order chi connectivity index (χ0) is 21.0. The first-order valence-corrected chi connectivity index (χ1v) is 12.2. The van der Waals surface area contributed by atoms with Crippen LogP contribution in [0.1, 0.15) is 32.6 Å². The van der Waals surface area contributed by atoms with Gasteiger partial charge in [0.05, 0.1) is 11.5 Å². The number of hydrogen-bond donors (Lipinski definition) is 1. The molecule has 0 amide bonds. The van der Waals surface area contributed by atoms with Crippen LogP contribution in [0.3, 0.4) is 0 Å². The number of carbonyl (C=O) groups excluding carboxylic acids is 2. The quantitative estimate of drug-likeness (QED) is 0.435. The summed E-state index contributed by atoms with van der Waals surface area (Å²) in [5.41, 5.74) is -1.81. The second-order valence-corrected chi connectivity index (χ2v) is 10.0. The Morgan fingerprint density at radius 2 is 1.93 bits per heavy atom. The van der Waals surface area contributed by atoms with Crippen LogP contribution >= 0.6 is 48.0 Å². The fourth-order valence-corrected chi connectivity index (χ4v) is 6.61. The first-order valence-electron chi connectivity index (χ1n) is 9.59. The summed E-state index contributed by atoms with van der Waals surface area (Å²) in [5.74, 6) is -2.25. The highest BCUT2D eigenvalue weighted by Crippen LogP contribution is 2.48. The lowest BCUT2D eigenvalue weighted by Gasteiger charge is -2.39. The first kappa shape index (κ1) is 22.8. The summed E-state index contributed by atoms with van der Waals surface area (Å²) >= 11 is 12.9. The van der Waals surface area contributed by atoms with Gasteiger partial charge in [0.2, 0.25) is 5.76 Å². The minimum absolute atomic E-state index is 0.0964. The van der Waals surface area contributed by atoms with Crippen molar-refractivity contribution in [2.45, 2.75) is 43.6 Å². The van der Waals surface area contributed by atoms with Crippen LogP contribution in [0.15, 0.2) is 10.7 Å². The highest BCUT2D eigenvalue weighted by atomic mass is 32.2. The maximum Gasteiger partial charge on any atom is 0.376 e. The van der Waals surface area contributed by atoms with Crippen molar-refractivity contribution in [2.24, 2.45) is 0 Å². The number of nitrogens with zero attached hydrogens (tertiary/aromatic N) is 2. The molecule has 3 aliphatic heterocycles. The van der Waals surface area contributed by atoms with E-state index in [2.05, 4.69) is 4.90 Å². The molecule has 0 aromatic rings. The van der Waals surface area contributed by atoms with Crippen LogP contribution in [0.25, 0.3) is 0 Å². The molecule has 0 spiro atoms. The molecule has 2 unspecified atom stereocenters. The highest BCUT2D eigenvalue weighted by molar-refractivity contribution is 8.25. The largest absolute Gasteiger partial charge is 0.501 e. The molecule has 0 aliphatic carbocycles. The SMILES string of the molecule is CCOC(=O)C1(C(SC=S)N2CCCC2)OC(=O)C(O)=C1SC(=S)N1CCCC1. The van der Waals surface area contributed by atoms with Crippen molar-refractivity contribution >= 4 is 68.9 Å². The normalized spacial score (nSPS) is 26.0. The van der Waals surface area contributed by atoms with Gasteiger partial charge in [0.25, 0.3) is 5.60 Å². The van der Waals surface area contributed by atoms with Crippen molar-refractivity contribution in [1.82, 2.24) is 9.80 Å². The fraction of sp³-hybridized carbons (Fsp3) is 0.667. The standard InChI is InChI=1S/C18H24N2O5S4/c1-2-24-16(23)18(15(28-11-26)19-7-3-4-8-19)13(12(21)14(22)25-18)29-17(27)20-9-5-6-10-20/h11,15,21H,2-10H2,1H3. The van der Waals surface area contributed by atoms with Crippen molar-refractivity contribution in [3.05, 3.63) is 10.7 Å². The van der Waals surface area contributed by atoms with Crippen LogP contribution in [0.4, 0.5) is 0 Å². The molecule has 0 saturated carbocycles. The highest BCUT2D eigenvalue weighted by Gasteiger charge is 2.63. The second-order valence-electron chi connectivity index (χ2n) is 6.91. The van der Waals surface area contributed by atoms with Crippen molar-refractivity contribution < 1.29 is 24.2 Å². The molecule has 3 aliphatic rings. The number of carbonyl (C=O) groups is 2. The van der Waals surface area contributed by atoms with Gasteiger partial charge in [-0.3, -0.25) is 4.90 Å². The van der Waals surface area contributed by atoms with Crippen LogP contribution < -0.4 is 0 Å². The molecular weight excluding hydrogens is 452 g/mol. The minimum atomic E-state index is -1.81. The lowest BCUT2D eigenvalue weighted by molar-refractivity contribution is -0.175. The Morgan fingerprint density at radius 1 is 1.31 bits per heavy atom. The van der Waals surface area contributed by atoms with E-state index in [1.165, 1.54) is 16.5 Å². The van der Waals surface area contributed by atoms with Crippen molar-refractivity contribution in [1.29, 1.82) is 0 Å². The molecule has 0 radical (unpaired) electrons. The zero-order valence-electron chi connectivity index (χ0n) is 16.1. The average Bonchev–Trinajstić information content (AvgIpc) is 3.45. The molecule has 2 saturated heterocycles. The summed E-state index contributed by atoms with van der Waals surface area (Å²) in [4.78, 5) is 29.9. The van der Waals surface area contributed by atoms with E-state index in [0.29, 0.717) is 4.32 Å². The Bertz CT molecular complexity index is 719. The molecule has 160 valence electrons. The third-order valence-corrected chi connectivity index (χ3v) is 8.11. The van der Waals surface area contributed by atoms with Crippen molar-refractivity contribution in [2.75, 3.05) is 32.8 Å². The predicted octanol–water partition coefficient (Wildman–Crippen LogP) is 2.84. The molecule has 29 heavy (non-hydrogen) atoms.